The van der Waals surface area contributed by atoms with Crippen LogP contribution >= 0.6 is 0 Å². The predicted octanol–water partition coefficient (Wildman–Crippen LogP) is 3.71. The number of halogens is 1. The molecule has 0 bridgehead atoms. The summed E-state index contributed by atoms with van der Waals surface area (Å²) in [6.45, 7) is 7.31. The molecule has 1 rings (SSSR count). The first-order valence-electron chi connectivity index (χ1n) is 7.73. The number of aliphatic imine (C=N–C) groups is 1. The van der Waals surface area contributed by atoms with Crippen molar-refractivity contribution in [1.29, 1.82) is 0 Å². The number of hydrogen-bond donors (Lipinski definition) is 2. The number of nitrogens with one attached hydrogen (secondary N) is 2. The van der Waals surface area contributed by atoms with Crippen LogP contribution < -0.4 is 10.6 Å². The minimum absolute atomic E-state index is 0.208. The van der Waals surface area contributed by atoms with Crippen LogP contribution in [0.4, 0.5) is 4.39 Å². The summed E-state index contributed by atoms with van der Waals surface area (Å²) in [4.78, 5) is 4.22. The monoisotopic (exact) mass is 293 g/mol. The van der Waals surface area contributed by atoms with Crippen LogP contribution in [0.25, 0.3) is 0 Å². The molecule has 118 valence electrons. The Balaban J connectivity index is 2.33. The van der Waals surface area contributed by atoms with Gasteiger partial charge in [-0.1, -0.05) is 38.8 Å². The van der Waals surface area contributed by atoms with Gasteiger partial charge in [-0.25, -0.2) is 4.39 Å². The molecular weight excluding hydrogens is 265 g/mol. The van der Waals surface area contributed by atoms with E-state index in [-0.39, 0.29) is 5.82 Å². The minimum atomic E-state index is -0.208. The van der Waals surface area contributed by atoms with E-state index in [2.05, 4.69) is 36.4 Å². The second-order valence-corrected chi connectivity index (χ2v) is 5.92. The Morgan fingerprint density at radius 1 is 1.14 bits per heavy atom. The van der Waals surface area contributed by atoms with Gasteiger partial charge in [0.2, 0.25) is 0 Å². The maximum Gasteiger partial charge on any atom is 0.191 e. The van der Waals surface area contributed by atoms with Gasteiger partial charge in [0.1, 0.15) is 5.82 Å². The number of benzene rings is 1. The Labute approximate surface area is 128 Å². The third-order valence-electron chi connectivity index (χ3n) is 3.40. The van der Waals surface area contributed by atoms with Gasteiger partial charge in [-0.15, -0.1) is 0 Å². The van der Waals surface area contributed by atoms with Crippen molar-refractivity contribution in [2.75, 3.05) is 7.05 Å². The molecule has 0 aromatic heterocycles. The average molecular weight is 293 g/mol. The summed E-state index contributed by atoms with van der Waals surface area (Å²) in [6.07, 6.45) is 3.61. The van der Waals surface area contributed by atoms with Gasteiger partial charge in [0, 0.05) is 19.6 Å². The third kappa shape index (κ3) is 7.69. The molecule has 1 aromatic rings. The van der Waals surface area contributed by atoms with E-state index in [4.69, 9.17) is 0 Å². The molecule has 0 saturated carbocycles. The van der Waals surface area contributed by atoms with Crippen LogP contribution in [-0.4, -0.2) is 19.0 Å². The maximum atomic E-state index is 12.8. The molecule has 1 atom stereocenters. The maximum absolute atomic E-state index is 12.8. The molecule has 21 heavy (non-hydrogen) atoms. The van der Waals surface area contributed by atoms with Gasteiger partial charge >= 0.3 is 0 Å². The quantitative estimate of drug-likeness (QED) is 0.594. The van der Waals surface area contributed by atoms with E-state index in [1.165, 1.54) is 25.0 Å². The average Bonchev–Trinajstić information content (AvgIpc) is 2.44. The molecule has 0 fully saturated rings. The van der Waals surface area contributed by atoms with Gasteiger partial charge in [0.15, 0.2) is 5.96 Å². The Morgan fingerprint density at radius 2 is 1.81 bits per heavy atom. The fourth-order valence-electron chi connectivity index (χ4n) is 2.12. The normalized spacial score (nSPS) is 13.3. The van der Waals surface area contributed by atoms with Crippen LogP contribution in [0.2, 0.25) is 0 Å². The molecule has 3 nitrogen and oxygen atoms in total. The van der Waals surface area contributed by atoms with Crippen LogP contribution in [0.15, 0.2) is 29.3 Å². The first-order chi connectivity index (χ1) is 10.0. The summed E-state index contributed by atoms with van der Waals surface area (Å²) < 4.78 is 12.8. The van der Waals surface area contributed by atoms with E-state index in [0.29, 0.717) is 12.6 Å². The van der Waals surface area contributed by atoms with Gasteiger partial charge in [-0.3, -0.25) is 4.99 Å². The summed E-state index contributed by atoms with van der Waals surface area (Å²) in [5.74, 6) is 1.34. The molecule has 1 aromatic carbocycles. The van der Waals surface area contributed by atoms with Gasteiger partial charge in [0.25, 0.3) is 0 Å². The van der Waals surface area contributed by atoms with Crippen molar-refractivity contribution in [3.05, 3.63) is 35.6 Å². The van der Waals surface area contributed by atoms with Crippen LogP contribution in [-0.2, 0) is 6.54 Å². The molecule has 0 aliphatic rings. The molecule has 0 spiro atoms. The van der Waals surface area contributed by atoms with Gasteiger partial charge in [-0.2, -0.15) is 0 Å². The zero-order valence-corrected chi connectivity index (χ0v) is 13.6. The molecule has 0 aliphatic heterocycles. The van der Waals surface area contributed by atoms with Crippen LogP contribution in [0, 0.1) is 11.7 Å². The SMILES string of the molecule is CN=C(NCc1ccc(F)cc1)NC(C)CCCC(C)C. The second kappa shape index (κ2) is 9.37. The van der Waals surface area contributed by atoms with Crippen molar-refractivity contribution in [1.82, 2.24) is 10.6 Å². The highest BCUT2D eigenvalue weighted by Crippen LogP contribution is 2.08. The van der Waals surface area contributed by atoms with Crippen molar-refractivity contribution in [3.63, 3.8) is 0 Å². The Hall–Kier alpha value is -1.58. The summed E-state index contributed by atoms with van der Waals surface area (Å²) in [5.41, 5.74) is 1.03. The van der Waals surface area contributed by atoms with E-state index < -0.39 is 0 Å². The number of guanidine groups is 1. The van der Waals surface area contributed by atoms with Gasteiger partial charge in [-0.05, 0) is 37.0 Å². The second-order valence-electron chi connectivity index (χ2n) is 5.92. The van der Waals surface area contributed by atoms with Crippen molar-refractivity contribution in [3.8, 4) is 0 Å². The highest BCUT2D eigenvalue weighted by atomic mass is 19.1. The fourth-order valence-corrected chi connectivity index (χ4v) is 2.12. The zero-order chi connectivity index (χ0) is 15.7. The first kappa shape index (κ1) is 17.5. The standard InChI is InChI=1S/C17H28FN3/c1-13(2)6-5-7-14(3)21-17(19-4)20-12-15-8-10-16(18)11-9-15/h8-11,13-14H,5-7,12H2,1-4H3,(H2,19,20,21). The number of nitrogens with zero attached hydrogens (tertiary/aromatic N) is 1. The smallest absolute Gasteiger partial charge is 0.191 e. The number of hydrogen-bond acceptors (Lipinski definition) is 1. The molecule has 0 saturated heterocycles. The third-order valence-corrected chi connectivity index (χ3v) is 3.40. The molecule has 0 radical (unpaired) electrons. The van der Waals surface area contributed by atoms with E-state index in [9.17, 15) is 4.39 Å². The number of rotatable bonds is 7. The molecule has 0 heterocycles. The first-order valence-corrected chi connectivity index (χ1v) is 7.73. The topological polar surface area (TPSA) is 36.4 Å². The summed E-state index contributed by atoms with van der Waals surface area (Å²) in [7, 11) is 1.76. The van der Waals surface area contributed by atoms with E-state index in [0.717, 1.165) is 23.9 Å². The fraction of sp³-hybridized carbons (Fsp3) is 0.588. The van der Waals surface area contributed by atoms with E-state index in [1.54, 1.807) is 19.2 Å². The molecule has 4 heteroatoms. The van der Waals surface area contributed by atoms with E-state index in [1.807, 2.05) is 0 Å². The van der Waals surface area contributed by atoms with Crippen LogP contribution in [0.5, 0.6) is 0 Å². The zero-order valence-electron chi connectivity index (χ0n) is 13.6. The van der Waals surface area contributed by atoms with Crippen LogP contribution in [0.3, 0.4) is 0 Å². The highest BCUT2D eigenvalue weighted by molar-refractivity contribution is 5.79. The Bertz CT molecular complexity index is 426. The van der Waals surface area contributed by atoms with Gasteiger partial charge in [0.05, 0.1) is 0 Å². The van der Waals surface area contributed by atoms with Crippen molar-refractivity contribution in [2.24, 2.45) is 10.9 Å². The lowest BCUT2D eigenvalue weighted by Gasteiger charge is -2.18. The molecular formula is C17H28FN3. The van der Waals surface area contributed by atoms with Crippen molar-refractivity contribution < 1.29 is 4.39 Å². The minimum Gasteiger partial charge on any atom is -0.354 e. The van der Waals surface area contributed by atoms with E-state index >= 15 is 0 Å². The molecule has 2 N–H and O–H groups in total. The Morgan fingerprint density at radius 3 is 2.38 bits per heavy atom. The Kier molecular flexibility index (Phi) is 7.80. The van der Waals surface area contributed by atoms with Crippen molar-refractivity contribution >= 4 is 5.96 Å². The summed E-state index contributed by atoms with van der Waals surface area (Å²) in [6, 6.07) is 6.90. The largest absolute Gasteiger partial charge is 0.354 e. The lowest BCUT2D eigenvalue weighted by molar-refractivity contribution is 0.491. The molecule has 0 amide bonds. The van der Waals surface area contributed by atoms with Gasteiger partial charge < -0.3 is 10.6 Å². The highest BCUT2D eigenvalue weighted by Gasteiger charge is 2.05. The van der Waals surface area contributed by atoms with Crippen LogP contribution in [0.1, 0.15) is 45.6 Å². The summed E-state index contributed by atoms with van der Waals surface area (Å²) in [5, 5.41) is 6.64. The van der Waals surface area contributed by atoms with Crippen molar-refractivity contribution in [2.45, 2.75) is 52.6 Å². The molecule has 0 aliphatic carbocycles. The lowest BCUT2D eigenvalue weighted by Crippen LogP contribution is -2.41. The predicted molar refractivity (Wildman–Crippen MR) is 87.9 cm³/mol. The lowest BCUT2D eigenvalue weighted by atomic mass is 10.0. The summed E-state index contributed by atoms with van der Waals surface area (Å²) >= 11 is 0. The molecule has 1 unspecified atom stereocenters.